The van der Waals surface area contributed by atoms with Crippen molar-refractivity contribution in [3.05, 3.63) is 65.5 Å². The number of amides is 2. The molecule has 1 aliphatic heterocycles. The molecule has 0 bridgehead atoms. The number of carboxylic acid groups (broad SMARTS) is 1. The van der Waals surface area contributed by atoms with Crippen LogP contribution >= 0.6 is 0 Å². The van der Waals surface area contributed by atoms with Gasteiger partial charge < -0.3 is 20.5 Å². The van der Waals surface area contributed by atoms with E-state index in [4.69, 9.17) is 9.84 Å². The number of fused-ring (bicyclic) bond motifs is 1. The highest BCUT2D eigenvalue weighted by molar-refractivity contribution is 5.98. The molecular weight excluding hydrogens is 403 g/mol. The quantitative estimate of drug-likeness (QED) is 0.628. The molecule has 0 aromatic heterocycles. The largest absolute Gasteiger partial charge is 0.480 e. The Labute approximate surface area is 179 Å². The van der Waals surface area contributed by atoms with E-state index in [0.29, 0.717) is 16.8 Å². The Kier molecular flexibility index (Phi) is 7.02. The summed E-state index contributed by atoms with van der Waals surface area (Å²) in [4.78, 5) is 35.7. The first-order valence-corrected chi connectivity index (χ1v) is 10.1. The Balaban J connectivity index is 1.99. The fourth-order valence-electron chi connectivity index (χ4n) is 3.84. The van der Waals surface area contributed by atoms with Crippen LogP contribution in [0.3, 0.4) is 0 Å². The zero-order valence-electron chi connectivity index (χ0n) is 17.3. The first-order valence-electron chi connectivity index (χ1n) is 10.1. The van der Waals surface area contributed by atoms with E-state index in [1.54, 1.807) is 36.4 Å². The van der Waals surface area contributed by atoms with Crippen LogP contribution in [0.4, 0.5) is 10.1 Å². The van der Waals surface area contributed by atoms with E-state index in [-0.39, 0.29) is 18.2 Å². The zero-order valence-corrected chi connectivity index (χ0v) is 17.3. The van der Waals surface area contributed by atoms with E-state index in [1.165, 1.54) is 6.07 Å². The van der Waals surface area contributed by atoms with Gasteiger partial charge in [0.1, 0.15) is 18.5 Å². The third-order valence-corrected chi connectivity index (χ3v) is 5.24. The molecule has 2 amide bonds. The Hall–Kier alpha value is -3.26. The van der Waals surface area contributed by atoms with E-state index in [2.05, 4.69) is 10.6 Å². The number of ether oxygens (including phenoxy) is 1. The van der Waals surface area contributed by atoms with Crippen LogP contribution in [0.15, 0.2) is 48.5 Å². The molecule has 0 saturated heterocycles. The summed E-state index contributed by atoms with van der Waals surface area (Å²) in [5.74, 6) is -3.19. The van der Waals surface area contributed by atoms with Crippen molar-refractivity contribution in [2.75, 3.05) is 11.9 Å². The van der Waals surface area contributed by atoms with Crippen LogP contribution in [0, 0.1) is 11.7 Å². The molecule has 1 aliphatic rings. The van der Waals surface area contributed by atoms with Gasteiger partial charge in [-0.15, -0.1) is 0 Å². The third kappa shape index (κ3) is 5.27. The van der Waals surface area contributed by atoms with E-state index >= 15 is 0 Å². The van der Waals surface area contributed by atoms with Crippen LogP contribution in [0.1, 0.15) is 43.4 Å². The van der Waals surface area contributed by atoms with Gasteiger partial charge in [0, 0.05) is 17.2 Å². The van der Waals surface area contributed by atoms with Gasteiger partial charge in [0.15, 0.2) is 0 Å². The maximum atomic E-state index is 14.7. The zero-order chi connectivity index (χ0) is 22.5. The number of anilines is 1. The molecule has 0 radical (unpaired) electrons. The van der Waals surface area contributed by atoms with Crippen molar-refractivity contribution in [3.8, 4) is 0 Å². The average Bonchev–Trinajstić information content (AvgIpc) is 2.85. The summed E-state index contributed by atoms with van der Waals surface area (Å²) >= 11 is 0. The SMILES string of the molecule is CC(C)C(c1ccccc1F)[C@@H]1O[C@@H](CC(=O)NCC(=O)O)C(=O)Nc2ccccc21. The number of nitrogens with one attached hydrogen (secondary N) is 2. The summed E-state index contributed by atoms with van der Waals surface area (Å²) in [6, 6.07) is 13.5. The standard InChI is InChI=1S/C23H25FN2O5/c1-13(2)21(14-7-3-5-9-16(14)24)22-15-8-4-6-10-17(15)26-23(30)18(31-22)11-19(27)25-12-20(28)29/h3-10,13,18,21-22H,11-12H2,1-2H3,(H,25,27)(H,26,30)(H,28,29)/t18-,21?,22+/m0/s1. The smallest absolute Gasteiger partial charge is 0.322 e. The first kappa shape index (κ1) is 22.4. The minimum absolute atomic E-state index is 0.0513. The molecule has 3 rings (SSSR count). The normalized spacial score (nSPS) is 19.2. The van der Waals surface area contributed by atoms with Gasteiger partial charge >= 0.3 is 5.97 Å². The summed E-state index contributed by atoms with van der Waals surface area (Å²) in [6.45, 7) is 3.33. The molecule has 7 nitrogen and oxygen atoms in total. The summed E-state index contributed by atoms with van der Waals surface area (Å²) in [6.07, 6.45) is -2.23. The number of benzene rings is 2. The lowest BCUT2D eigenvalue weighted by molar-refractivity contribution is -0.141. The molecule has 1 heterocycles. The van der Waals surface area contributed by atoms with Crippen LogP contribution in [0.25, 0.3) is 0 Å². The maximum Gasteiger partial charge on any atom is 0.322 e. The number of carbonyl (C=O) groups is 3. The number of rotatable bonds is 7. The highest BCUT2D eigenvalue weighted by Crippen LogP contribution is 2.44. The Morgan fingerprint density at radius 2 is 1.84 bits per heavy atom. The van der Waals surface area contributed by atoms with Crippen molar-refractivity contribution in [3.63, 3.8) is 0 Å². The second-order valence-corrected chi connectivity index (χ2v) is 7.79. The van der Waals surface area contributed by atoms with Gasteiger partial charge in [-0.05, 0) is 23.6 Å². The molecule has 31 heavy (non-hydrogen) atoms. The molecule has 2 aromatic rings. The van der Waals surface area contributed by atoms with Crippen LogP contribution in [-0.4, -0.2) is 35.5 Å². The highest BCUT2D eigenvalue weighted by Gasteiger charge is 2.38. The molecule has 0 aliphatic carbocycles. The molecule has 1 unspecified atom stereocenters. The highest BCUT2D eigenvalue weighted by atomic mass is 19.1. The van der Waals surface area contributed by atoms with Crippen molar-refractivity contribution in [1.29, 1.82) is 0 Å². The van der Waals surface area contributed by atoms with Crippen LogP contribution in [-0.2, 0) is 19.1 Å². The van der Waals surface area contributed by atoms with Gasteiger partial charge in [0.2, 0.25) is 5.91 Å². The lowest BCUT2D eigenvalue weighted by Gasteiger charge is -2.32. The first-order chi connectivity index (χ1) is 14.8. The van der Waals surface area contributed by atoms with Gasteiger partial charge in [0.05, 0.1) is 12.5 Å². The maximum absolute atomic E-state index is 14.7. The van der Waals surface area contributed by atoms with Gasteiger partial charge in [-0.3, -0.25) is 14.4 Å². The Morgan fingerprint density at radius 1 is 1.16 bits per heavy atom. The van der Waals surface area contributed by atoms with Crippen LogP contribution in [0.2, 0.25) is 0 Å². The summed E-state index contributed by atoms with van der Waals surface area (Å²) in [7, 11) is 0. The predicted molar refractivity (Wildman–Crippen MR) is 112 cm³/mol. The molecule has 0 spiro atoms. The number of para-hydroxylation sites is 1. The number of halogens is 1. The van der Waals surface area contributed by atoms with E-state index in [9.17, 15) is 18.8 Å². The number of carbonyl (C=O) groups excluding carboxylic acids is 2. The monoisotopic (exact) mass is 428 g/mol. The van der Waals surface area contributed by atoms with Gasteiger partial charge in [0.25, 0.3) is 5.91 Å². The fourth-order valence-corrected chi connectivity index (χ4v) is 3.84. The lowest BCUT2D eigenvalue weighted by Crippen LogP contribution is -2.38. The van der Waals surface area contributed by atoms with Crippen molar-refractivity contribution in [2.45, 2.75) is 38.4 Å². The number of carboxylic acids is 1. The lowest BCUT2D eigenvalue weighted by atomic mass is 9.80. The van der Waals surface area contributed by atoms with Gasteiger partial charge in [-0.2, -0.15) is 0 Å². The minimum atomic E-state index is -1.19. The third-order valence-electron chi connectivity index (χ3n) is 5.24. The molecule has 2 aromatic carbocycles. The molecule has 3 atom stereocenters. The fraction of sp³-hybridized carbons (Fsp3) is 0.348. The molecule has 0 saturated carbocycles. The number of aliphatic carboxylic acids is 1. The van der Waals surface area contributed by atoms with E-state index < -0.39 is 42.5 Å². The van der Waals surface area contributed by atoms with Gasteiger partial charge in [-0.1, -0.05) is 50.2 Å². The van der Waals surface area contributed by atoms with Crippen molar-refractivity contribution < 1.29 is 28.6 Å². The molecule has 164 valence electrons. The summed E-state index contributed by atoms with van der Waals surface area (Å²) in [5.41, 5.74) is 1.68. The van der Waals surface area contributed by atoms with E-state index in [1.807, 2.05) is 19.9 Å². The van der Waals surface area contributed by atoms with Gasteiger partial charge in [-0.25, -0.2) is 4.39 Å². The van der Waals surface area contributed by atoms with Crippen molar-refractivity contribution in [1.82, 2.24) is 5.32 Å². The van der Waals surface area contributed by atoms with Crippen molar-refractivity contribution in [2.24, 2.45) is 5.92 Å². The second-order valence-electron chi connectivity index (χ2n) is 7.79. The molecule has 0 fully saturated rings. The average molecular weight is 428 g/mol. The van der Waals surface area contributed by atoms with E-state index in [0.717, 1.165) is 0 Å². The number of hydrogen-bond donors (Lipinski definition) is 3. The minimum Gasteiger partial charge on any atom is -0.480 e. The predicted octanol–water partition coefficient (Wildman–Crippen LogP) is 3.23. The Bertz CT molecular complexity index is 978. The van der Waals surface area contributed by atoms with Crippen LogP contribution < -0.4 is 10.6 Å². The summed E-state index contributed by atoms with van der Waals surface area (Å²) in [5, 5.41) is 13.8. The molecule has 8 heteroatoms. The van der Waals surface area contributed by atoms with Crippen molar-refractivity contribution >= 4 is 23.5 Å². The van der Waals surface area contributed by atoms with Crippen LogP contribution in [0.5, 0.6) is 0 Å². The summed E-state index contributed by atoms with van der Waals surface area (Å²) < 4.78 is 20.9. The Morgan fingerprint density at radius 3 is 2.52 bits per heavy atom. The second kappa shape index (κ2) is 9.70. The topological polar surface area (TPSA) is 105 Å². The molecule has 3 N–H and O–H groups in total. The molecular formula is C23H25FN2O5. The number of hydrogen-bond acceptors (Lipinski definition) is 4.